The van der Waals surface area contributed by atoms with Gasteiger partial charge in [-0.3, -0.25) is 0 Å². The zero-order chi connectivity index (χ0) is 13.5. The average Bonchev–Trinajstić information content (AvgIpc) is 2.43. The fraction of sp³-hybridized carbons (Fsp3) is 0.412. The molecule has 0 aliphatic rings. The molecule has 0 saturated heterocycles. The van der Waals surface area contributed by atoms with Crippen molar-refractivity contribution in [2.75, 3.05) is 6.61 Å². The van der Waals surface area contributed by atoms with Crippen LogP contribution in [0.2, 0.25) is 0 Å². The predicted molar refractivity (Wildman–Crippen MR) is 79.9 cm³/mol. The van der Waals surface area contributed by atoms with Crippen LogP contribution in [-0.4, -0.2) is 11.7 Å². The molecular weight excluding hydrogens is 236 g/mol. The Kier molecular flexibility index (Phi) is 5.08. The highest BCUT2D eigenvalue weighted by atomic mass is 16.5. The largest absolute Gasteiger partial charge is 0.508 e. The Hall–Kier alpha value is -1.70. The number of ether oxygens (including phenoxy) is 1. The van der Waals surface area contributed by atoms with Gasteiger partial charge in [0.2, 0.25) is 0 Å². The molecule has 0 atom stereocenters. The van der Waals surface area contributed by atoms with Gasteiger partial charge in [-0.05, 0) is 41.5 Å². The van der Waals surface area contributed by atoms with E-state index >= 15 is 0 Å². The number of phenolic OH excluding ortho intramolecular Hbond substituents is 1. The Balaban J connectivity index is 1.86. The van der Waals surface area contributed by atoms with Crippen LogP contribution in [0.1, 0.15) is 39.0 Å². The van der Waals surface area contributed by atoms with Crippen molar-refractivity contribution in [3.8, 4) is 11.5 Å². The standard InChI is InChI=1S/C17H22O2/c1-2-3-4-5-6-11-19-17-10-8-14-12-16(18)9-7-15(14)13-17/h7-10,12-13,18H,2-6,11H2,1H3. The molecule has 0 unspecified atom stereocenters. The van der Waals surface area contributed by atoms with Crippen molar-refractivity contribution < 1.29 is 9.84 Å². The summed E-state index contributed by atoms with van der Waals surface area (Å²) >= 11 is 0. The Bertz CT molecular complexity index is 520. The van der Waals surface area contributed by atoms with Crippen LogP contribution >= 0.6 is 0 Å². The summed E-state index contributed by atoms with van der Waals surface area (Å²) in [4.78, 5) is 0. The second kappa shape index (κ2) is 7.03. The maximum absolute atomic E-state index is 9.41. The van der Waals surface area contributed by atoms with Crippen LogP contribution in [0.4, 0.5) is 0 Å². The summed E-state index contributed by atoms with van der Waals surface area (Å²) in [5.41, 5.74) is 0. The summed E-state index contributed by atoms with van der Waals surface area (Å²) in [6.07, 6.45) is 6.26. The third-order valence-corrected chi connectivity index (χ3v) is 3.31. The number of benzene rings is 2. The van der Waals surface area contributed by atoms with E-state index in [-0.39, 0.29) is 0 Å². The number of hydrogen-bond donors (Lipinski definition) is 1. The summed E-state index contributed by atoms with van der Waals surface area (Å²) in [5.74, 6) is 1.21. The van der Waals surface area contributed by atoms with E-state index in [2.05, 4.69) is 6.92 Å². The molecule has 0 aromatic heterocycles. The summed E-state index contributed by atoms with van der Waals surface area (Å²) < 4.78 is 5.76. The van der Waals surface area contributed by atoms with Crippen LogP contribution < -0.4 is 4.74 Å². The topological polar surface area (TPSA) is 29.5 Å². The molecule has 2 heteroatoms. The minimum absolute atomic E-state index is 0.303. The molecule has 19 heavy (non-hydrogen) atoms. The van der Waals surface area contributed by atoms with Gasteiger partial charge in [0.1, 0.15) is 11.5 Å². The molecule has 1 N–H and O–H groups in total. The molecule has 2 aromatic rings. The van der Waals surface area contributed by atoms with E-state index in [1.54, 1.807) is 12.1 Å². The fourth-order valence-corrected chi connectivity index (χ4v) is 2.20. The Morgan fingerprint density at radius 2 is 1.63 bits per heavy atom. The Morgan fingerprint density at radius 3 is 2.47 bits per heavy atom. The van der Waals surface area contributed by atoms with Gasteiger partial charge in [0.25, 0.3) is 0 Å². The summed E-state index contributed by atoms with van der Waals surface area (Å²) in [6, 6.07) is 11.4. The Labute approximate surface area is 115 Å². The van der Waals surface area contributed by atoms with Crippen molar-refractivity contribution in [1.82, 2.24) is 0 Å². The number of phenols is 1. The van der Waals surface area contributed by atoms with Gasteiger partial charge in [0.05, 0.1) is 6.61 Å². The lowest BCUT2D eigenvalue weighted by Crippen LogP contribution is -1.97. The van der Waals surface area contributed by atoms with Crippen molar-refractivity contribution in [2.45, 2.75) is 39.0 Å². The van der Waals surface area contributed by atoms with Gasteiger partial charge in [-0.25, -0.2) is 0 Å². The van der Waals surface area contributed by atoms with Crippen LogP contribution in [-0.2, 0) is 0 Å². The number of rotatable bonds is 7. The van der Waals surface area contributed by atoms with E-state index in [0.717, 1.165) is 29.5 Å². The predicted octanol–water partition coefficient (Wildman–Crippen LogP) is 4.89. The van der Waals surface area contributed by atoms with Crippen molar-refractivity contribution >= 4 is 10.8 Å². The van der Waals surface area contributed by atoms with E-state index in [9.17, 15) is 5.11 Å². The summed E-state index contributed by atoms with van der Waals surface area (Å²) in [5, 5.41) is 11.5. The molecule has 0 bridgehead atoms. The fourth-order valence-electron chi connectivity index (χ4n) is 2.20. The molecule has 2 aromatic carbocycles. The zero-order valence-electron chi connectivity index (χ0n) is 11.6. The van der Waals surface area contributed by atoms with Gasteiger partial charge in [-0.1, -0.05) is 44.7 Å². The minimum Gasteiger partial charge on any atom is -0.508 e. The zero-order valence-corrected chi connectivity index (χ0v) is 11.6. The third kappa shape index (κ3) is 4.16. The molecule has 0 saturated carbocycles. The first kappa shape index (κ1) is 13.7. The second-order valence-corrected chi connectivity index (χ2v) is 4.96. The number of unbranched alkanes of at least 4 members (excludes halogenated alkanes) is 4. The van der Waals surface area contributed by atoms with E-state index < -0.39 is 0 Å². The minimum atomic E-state index is 0.303. The average molecular weight is 258 g/mol. The Morgan fingerprint density at radius 1 is 0.895 bits per heavy atom. The molecule has 102 valence electrons. The monoisotopic (exact) mass is 258 g/mol. The molecule has 0 aliphatic carbocycles. The second-order valence-electron chi connectivity index (χ2n) is 4.96. The van der Waals surface area contributed by atoms with E-state index in [4.69, 9.17) is 4.74 Å². The smallest absolute Gasteiger partial charge is 0.119 e. The highest BCUT2D eigenvalue weighted by Gasteiger charge is 1.99. The number of fused-ring (bicyclic) bond motifs is 1. The van der Waals surface area contributed by atoms with Crippen molar-refractivity contribution in [2.24, 2.45) is 0 Å². The maximum atomic E-state index is 9.41. The normalized spacial score (nSPS) is 10.8. The molecule has 2 nitrogen and oxygen atoms in total. The lowest BCUT2D eigenvalue weighted by atomic mass is 10.1. The SMILES string of the molecule is CCCCCCCOc1ccc2cc(O)ccc2c1. The van der Waals surface area contributed by atoms with Crippen LogP contribution in [0.15, 0.2) is 36.4 Å². The quantitative estimate of drug-likeness (QED) is 0.716. The van der Waals surface area contributed by atoms with E-state index in [1.165, 1.54) is 25.7 Å². The molecule has 0 amide bonds. The first-order valence-electron chi connectivity index (χ1n) is 7.15. The lowest BCUT2D eigenvalue weighted by Gasteiger charge is -2.07. The number of aromatic hydroxyl groups is 1. The van der Waals surface area contributed by atoms with Crippen molar-refractivity contribution in [3.63, 3.8) is 0 Å². The van der Waals surface area contributed by atoms with Crippen LogP contribution in [0.3, 0.4) is 0 Å². The molecule has 0 fully saturated rings. The van der Waals surface area contributed by atoms with Crippen LogP contribution in [0.5, 0.6) is 11.5 Å². The lowest BCUT2D eigenvalue weighted by molar-refractivity contribution is 0.305. The van der Waals surface area contributed by atoms with Gasteiger partial charge >= 0.3 is 0 Å². The van der Waals surface area contributed by atoms with Gasteiger partial charge < -0.3 is 9.84 Å². The first-order valence-corrected chi connectivity index (χ1v) is 7.15. The summed E-state index contributed by atoms with van der Waals surface area (Å²) in [7, 11) is 0. The number of hydrogen-bond acceptors (Lipinski definition) is 2. The van der Waals surface area contributed by atoms with Gasteiger partial charge in [0.15, 0.2) is 0 Å². The van der Waals surface area contributed by atoms with Gasteiger partial charge in [-0.2, -0.15) is 0 Å². The first-order chi connectivity index (χ1) is 9.29. The maximum Gasteiger partial charge on any atom is 0.119 e. The molecule has 0 heterocycles. The molecule has 2 rings (SSSR count). The molecule has 0 spiro atoms. The van der Waals surface area contributed by atoms with Gasteiger partial charge in [-0.15, -0.1) is 0 Å². The van der Waals surface area contributed by atoms with Crippen molar-refractivity contribution in [3.05, 3.63) is 36.4 Å². The van der Waals surface area contributed by atoms with Crippen molar-refractivity contribution in [1.29, 1.82) is 0 Å². The van der Waals surface area contributed by atoms with E-state index in [0.29, 0.717) is 5.75 Å². The highest BCUT2D eigenvalue weighted by Crippen LogP contribution is 2.24. The third-order valence-electron chi connectivity index (χ3n) is 3.31. The highest BCUT2D eigenvalue weighted by molar-refractivity contribution is 5.85. The van der Waals surface area contributed by atoms with E-state index in [1.807, 2.05) is 24.3 Å². The van der Waals surface area contributed by atoms with Gasteiger partial charge in [0, 0.05) is 0 Å². The molecule has 0 aliphatic heterocycles. The van der Waals surface area contributed by atoms with Crippen LogP contribution in [0, 0.1) is 0 Å². The molecular formula is C17H22O2. The van der Waals surface area contributed by atoms with Crippen LogP contribution in [0.25, 0.3) is 10.8 Å². The summed E-state index contributed by atoms with van der Waals surface area (Å²) in [6.45, 7) is 3.01. The molecule has 0 radical (unpaired) electrons.